The predicted octanol–water partition coefficient (Wildman–Crippen LogP) is 6.82. The topological polar surface area (TPSA) is 78.9 Å². The molecule has 2 atom stereocenters. The van der Waals surface area contributed by atoms with Crippen molar-refractivity contribution in [2.24, 2.45) is 5.41 Å². The lowest BCUT2D eigenvalue weighted by Gasteiger charge is -2.33. The van der Waals surface area contributed by atoms with Crippen molar-refractivity contribution in [3.05, 3.63) is 12.2 Å². The molecular weight excluding hydrogens is 1060 g/mol. The van der Waals surface area contributed by atoms with Gasteiger partial charge in [0.25, 0.3) is 0 Å². The molecule has 2 unspecified atom stereocenters. The van der Waals surface area contributed by atoms with Gasteiger partial charge >= 0.3 is 17.9 Å². The zero-order valence-corrected chi connectivity index (χ0v) is 29.9. The number of halogens is 6. The molecule has 0 bridgehead atoms. The summed E-state index contributed by atoms with van der Waals surface area (Å²) in [6.45, 7) is 8.56. The van der Waals surface area contributed by atoms with Crippen LogP contribution in [-0.4, -0.2) is 44.5 Å². The Kier molecular flexibility index (Phi) is 23.5. The van der Waals surface area contributed by atoms with Gasteiger partial charge < -0.3 is 14.2 Å². The molecule has 0 saturated carbocycles. The summed E-state index contributed by atoms with van der Waals surface area (Å²) in [5.74, 6) is -0.954. The Balaban J connectivity index is -0.000000504. The van der Waals surface area contributed by atoms with Gasteiger partial charge in [-0.25, -0.2) is 4.79 Å². The molecule has 0 rings (SSSR count). The molecule has 0 saturated heterocycles. The van der Waals surface area contributed by atoms with Crippen LogP contribution in [0, 0.1) is 5.41 Å². The van der Waals surface area contributed by atoms with Crippen molar-refractivity contribution >= 4 is 153 Å². The molecule has 12 heteroatoms. The maximum atomic E-state index is 12.0. The summed E-state index contributed by atoms with van der Waals surface area (Å²) in [5.41, 5.74) is -0.256. The first kappa shape index (κ1) is 36.1. The average molecular weight is 1090 g/mol. The third kappa shape index (κ3) is 19.7. The van der Waals surface area contributed by atoms with Gasteiger partial charge in [0.05, 0.1) is 28.7 Å². The fourth-order valence-electron chi connectivity index (χ4n) is 2.01. The number of esters is 3. The summed E-state index contributed by atoms with van der Waals surface area (Å²) in [5, 5.41) is 0. The largest absolute Gasteiger partial charge is 0.469 e. The highest BCUT2D eigenvalue weighted by atomic mass is 127. The van der Waals surface area contributed by atoms with Crippen LogP contribution in [0.3, 0.4) is 0 Å². The molecule has 0 fully saturated rings. The molecule has 0 heterocycles. The molecule has 0 aromatic carbocycles. The Hall–Kier alpha value is 2.53. The fraction of sp³-hybridized carbons (Fsp3) is 0.706. The van der Waals surface area contributed by atoms with E-state index >= 15 is 0 Å². The van der Waals surface area contributed by atoms with E-state index in [0.29, 0.717) is 18.4 Å². The highest BCUT2D eigenvalue weighted by Crippen LogP contribution is 2.41. The Bertz CT molecular complexity index is 536. The van der Waals surface area contributed by atoms with E-state index in [4.69, 9.17) is 9.47 Å². The van der Waals surface area contributed by atoms with Crippen LogP contribution in [-0.2, 0) is 28.6 Å². The van der Waals surface area contributed by atoms with Gasteiger partial charge in [-0.3, -0.25) is 9.59 Å². The van der Waals surface area contributed by atoms with Crippen LogP contribution in [0.5, 0.6) is 0 Å². The molecular formula is C17H26I6O6. The third-order valence-corrected chi connectivity index (χ3v) is 4.85. The number of rotatable bonds is 7. The minimum absolute atomic E-state index is 0.285. The Morgan fingerprint density at radius 2 is 1.28 bits per heavy atom. The normalized spacial score (nSPS) is 14.1. The van der Waals surface area contributed by atoms with Crippen molar-refractivity contribution in [2.75, 3.05) is 21.3 Å². The maximum Gasteiger partial charge on any atom is 0.332 e. The second-order valence-electron chi connectivity index (χ2n) is 6.03. The van der Waals surface area contributed by atoms with Crippen LogP contribution in [0.1, 0.15) is 33.6 Å². The molecule has 0 amide bonds. The number of alkyl halides is 6. The minimum atomic E-state index is -0.738. The molecule has 0 aliphatic heterocycles. The first-order valence-electron chi connectivity index (χ1n) is 7.80. The van der Waals surface area contributed by atoms with E-state index in [-0.39, 0.29) is 19.8 Å². The number of carbonyl (C=O) groups excluding carboxylic acids is 3. The predicted molar refractivity (Wildman–Crippen MR) is 168 cm³/mol. The number of hydrogen-bond donors (Lipinski definition) is 0. The number of methoxy groups -OCH3 is 3. The van der Waals surface area contributed by atoms with Gasteiger partial charge in [0.15, 0.2) is 0 Å². The lowest BCUT2D eigenvalue weighted by Crippen LogP contribution is -2.41. The van der Waals surface area contributed by atoms with E-state index in [2.05, 4.69) is 124 Å². The van der Waals surface area contributed by atoms with Crippen LogP contribution >= 0.6 is 136 Å². The smallest absolute Gasteiger partial charge is 0.332 e. The van der Waals surface area contributed by atoms with Gasteiger partial charge in [0.2, 0.25) is 0 Å². The molecule has 0 spiro atoms. The van der Waals surface area contributed by atoms with Crippen molar-refractivity contribution < 1.29 is 28.6 Å². The lowest BCUT2D eigenvalue weighted by atomic mass is 9.79. The van der Waals surface area contributed by atoms with Crippen molar-refractivity contribution in [1.82, 2.24) is 0 Å². The Morgan fingerprint density at radius 3 is 1.48 bits per heavy atom. The van der Waals surface area contributed by atoms with Gasteiger partial charge in [-0.05, 0) is 33.6 Å². The van der Waals surface area contributed by atoms with E-state index in [1.54, 1.807) is 13.8 Å². The summed E-state index contributed by atoms with van der Waals surface area (Å²) in [4.78, 5) is 33.9. The molecule has 6 nitrogen and oxygen atoms in total. The van der Waals surface area contributed by atoms with Gasteiger partial charge in [-0.2, -0.15) is 0 Å². The van der Waals surface area contributed by atoms with Gasteiger partial charge in [0.1, 0.15) is 3.36 Å². The van der Waals surface area contributed by atoms with E-state index in [9.17, 15) is 14.4 Å². The highest BCUT2D eigenvalue weighted by Gasteiger charge is 2.45. The average Bonchev–Trinajstić information content (AvgIpc) is 2.57. The SMILES string of the molecule is C=C(C)C(=O)OC.COC(=O)C(C)(I)CC(C)(CC(I)I)C(=O)OC.IC(I)I. The molecule has 0 N–H and O–H groups in total. The molecule has 0 radical (unpaired) electrons. The van der Waals surface area contributed by atoms with E-state index in [1.807, 2.05) is 29.5 Å². The van der Waals surface area contributed by atoms with Crippen molar-refractivity contribution in [1.29, 1.82) is 0 Å². The van der Waals surface area contributed by atoms with E-state index < -0.39 is 8.84 Å². The summed E-state index contributed by atoms with van der Waals surface area (Å²) in [6, 6.07) is 0. The van der Waals surface area contributed by atoms with E-state index in [1.165, 1.54) is 21.3 Å². The summed E-state index contributed by atoms with van der Waals surface area (Å²) < 4.78 is 14.2. The van der Waals surface area contributed by atoms with Crippen LogP contribution in [0.2, 0.25) is 0 Å². The van der Waals surface area contributed by atoms with Gasteiger partial charge in [-0.15, -0.1) is 0 Å². The first-order valence-corrected chi connectivity index (χ1v) is 15.1. The van der Waals surface area contributed by atoms with Gasteiger partial charge in [0, 0.05) is 5.57 Å². The van der Waals surface area contributed by atoms with Crippen molar-refractivity contribution in [3.63, 3.8) is 0 Å². The van der Waals surface area contributed by atoms with Gasteiger partial charge in [-0.1, -0.05) is 142 Å². The Morgan fingerprint density at radius 1 is 0.897 bits per heavy atom. The second-order valence-corrected chi connectivity index (χ2v) is 24.7. The molecule has 29 heavy (non-hydrogen) atoms. The molecule has 0 aliphatic carbocycles. The monoisotopic (exact) mass is 1090 g/mol. The van der Waals surface area contributed by atoms with Crippen LogP contribution in [0.4, 0.5) is 0 Å². The third-order valence-electron chi connectivity index (χ3n) is 3.15. The molecule has 0 aliphatic rings. The van der Waals surface area contributed by atoms with Crippen molar-refractivity contribution in [3.8, 4) is 0 Å². The zero-order chi connectivity index (χ0) is 24.0. The van der Waals surface area contributed by atoms with Crippen LogP contribution in [0.15, 0.2) is 12.2 Å². The van der Waals surface area contributed by atoms with Crippen LogP contribution in [0.25, 0.3) is 0 Å². The lowest BCUT2D eigenvalue weighted by molar-refractivity contribution is -0.154. The Labute approximate surface area is 255 Å². The zero-order valence-electron chi connectivity index (χ0n) is 17.0. The van der Waals surface area contributed by atoms with E-state index in [0.717, 1.165) is -0.0619 Å². The second kappa shape index (κ2) is 18.9. The maximum absolute atomic E-state index is 12.0. The standard InChI is InChI=1S/C11H17I3O4.C5H8O2.CHI3/c1-10(5-7(12)13,8(15)17-3)6-11(2,14)9(16)18-4;1-4(2)5(6)7-3;2-1(3)4/h7H,5-6H2,1-4H3;1H2,2-3H3;1H. The first-order chi connectivity index (χ1) is 13.0. The summed E-state index contributed by atoms with van der Waals surface area (Å²) in [6.07, 6.45) is 1.04. The van der Waals surface area contributed by atoms with Crippen molar-refractivity contribution in [2.45, 2.75) is 38.9 Å². The highest BCUT2D eigenvalue weighted by molar-refractivity contribution is 14.3. The fourth-order valence-corrected chi connectivity index (χ4v) is 5.01. The quantitative estimate of drug-likeness (QED) is 0.0917. The number of ether oxygens (including phenoxy) is 3. The minimum Gasteiger partial charge on any atom is -0.469 e. The summed E-state index contributed by atoms with van der Waals surface area (Å²) >= 11 is 13.5. The van der Waals surface area contributed by atoms with Crippen LogP contribution < -0.4 is 0 Å². The molecule has 172 valence electrons. The molecule has 0 aromatic heterocycles. The molecule has 0 aromatic rings. The summed E-state index contributed by atoms with van der Waals surface area (Å²) in [7, 11) is 4.06. The number of carbonyl (C=O) groups is 3. The number of hydrogen-bond acceptors (Lipinski definition) is 6.